The van der Waals surface area contributed by atoms with Gasteiger partial charge in [0, 0.05) is 16.8 Å². The summed E-state index contributed by atoms with van der Waals surface area (Å²) in [4.78, 5) is 21.9. The first-order chi connectivity index (χ1) is 15.1. The van der Waals surface area contributed by atoms with Crippen molar-refractivity contribution in [1.29, 1.82) is 0 Å². The molecule has 0 aliphatic heterocycles. The lowest BCUT2D eigenvalue weighted by Gasteiger charge is -2.11. The van der Waals surface area contributed by atoms with E-state index in [2.05, 4.69) is 15.3 Å². The lowest BCUT2D eigenvalue weighted by Crippen LogP contribution is -2.15. The number of rotatable bonds is 5. The number of anilines is 1. The number of furan rings is 1. The number of para-hydroxylation sites is 3. The molecule has 0 bridgehead atoms. The second-order valence-corrected chi connectivity index (χ2v) is 8.05. The summed E-state index contributed by atoms with van der Waals surface area (Å²) in [5.74, 6) is 0.627. The van der Waals surface area contributed by atoms with Crippen LogP contribution in [0, 0.1) is 6.92 Å². The lowest BCUT2D eigenvalue weighted by atomic mass is 10.1. The molecule has 1 amide bonds. The van der Waals surface area contributed by atoms with Crippen LogP contribution in [-0.2, 0) is 4.79 Å². The van der Waals surface area contributed by atoms with Gasteiger partial charge in [0.1, 0.15) is 21.9 Å². The predicted molar refractivity (Wildman–Crippen MR) is 124 cm³/mol. The van der Waals surface area contributed by atoms with E-state index in [0.29, 0.717) is 17.0 Å². The van der Waals surface area contributed by atoms with Crippen LogP contribution in [0.5, 0.6) is 5.75 Å². The maximum atomic E-state index is 12.7. The van der Waals surface area contributed by atoms with Crippen LogP contribution in [0.1, 0.15) is 5.69 Å². The molecule has 0 spiro atoms. The first-order valence-electron chi connectivity index (χ1n) is 9.77. The largest absolute Gasteiger partial charge is 0.495 e. The number of benzene rings is 3. The van der Waals surface area contributed by atoms with Crippen molar-refractivity contribution >= 4 is 56.3 Å². The highest BCUT2D eigenvalue weighted by Gasteiger charge is 2.15. The highest BCUT2D eigenvalue weighted by atomic mass is 32.2. The minimum Gasteiger partial charge on any atom is -0.495 e. The molecule has 0 aliphatic rings. The van der Waals surface area contributed by atoms with E-state index in [1.54, 1.807) is 13.2 Å². The second-order valence-electron chi connectivity index (χ2n) is 7.09. The zero-order chi connectivity index (χ0) is 21.4. The van der Waals surface area contributed by atoms with Crippen LogP contribution in [0.15, 0.2) is 70.1 Å². The molecule has 1 N–H and O–H groups in total. The van der Waals surface area contributed by atoms with E-state index in [0.717, 1.165) is 38.1 Å². The fourth-order valence-corrected chi connectivity index (χ4v) is 4.30. The average Bonchev–Trinajstić information content (AvgIpc) is 3.14. The van der Waals surface area contributed by atoms with Crippen molar-refractivity contribution in [1.82, 2.24) is 9.97 Å². The third-order valence-electron chi connectivity index (χ3n) is 5.01. The summed E-state index contributed by atoms with van der Waals surface area (Å²) < 4.78 is 11.4. The summed E-state index contributed by atoms with van der Waals surface area (Å²) in [5.41, 5.74) is 4.52. The van der Waals surface area contributed by atoms with Gasteiger partial charge in [-0.2, -0.15) is 0 Å². The molecule has 0 atom stereocenters. The average molecular weight is 430 g/mol. The number of hydrogen-bond donors (Lipinski definition) is 1. The van der Waals surface area contributed by atoms with Crippen LogP contribution in [0.3, 0.4) is 0 Å². The molecule has 0 fully saturated rings. The van der Waals surface area contributed by atoms with Gasteiger partial charge in [0.2, 0.25) is 5.91 Å². The van der Waals surface area contributed by atoms with E-state index in [-0.39, 0.29) is 11.7 Å². The van der Waals surface area contributed by atoms with Gasteiger partial charge >= 0.3 is 0 Å². The van der Waals surface area contributed by atoms with Crippen LogP contribution >= 0.6 is 11.8 Å². The fraction of sp³-hybridized carbons (Fsp3) is 0.125. The van der Waals surface area contributed by atoms with E-state index in [4.69, 9.17) is 9.15 Å². The van der Waals surface area contributed by atoms with Gasteiger partial charge in [0.25, 0.3) is 0 Å². The first kappa shape index (κ1) is 19.4. The normalized spacial score (nSPS) is 11.3. The Morgan fingerprint density at radius 2 is 1.74 bits per heavy atom. The number of nitrogens with one attached hydrogen (secondary N) is 1. The number of aryl methyl sites for hydroxylation is 1. The van der Waals surface area contributed by atoms with Gasteiger partial charge in [-0.05, 0) is 31.2 Å². The monoisotopic (exact) mass is 429 g/mol. The molecule has 3 aromatic carbocycles. The molecule has 154 valence electrons. The molecule has 6 nitrogen and oxygen atoms in total. The van der Waals surface area contributed by atoms with Gasteiger partial charge in [0.15, 0.2) is 0 Å². The third-order valence-corrected chi connectivity index (χ3v) is 6.08. The minimum absolute atomic E-state index is 0.159. The van der Waals surface area contributed by atoms with E-state index < -0.39 is 0 Å². The zero-order valence-corrected chi connectivity index (χ0v) is 17.8. The molecule has 7 heteroatoms. The lowest BCUT2D eigenvalue weighted by molar-refractivity contribution is -0.113. The number of nitrogens with zero attached hydrogens (tertiary/aromatic N) is 2. The van der Waals surface area contributed by atoms with Gasteiger partial charge in [0.05, 0.1) is 35.3 Å². The number of methoxy groups -OCH3 is 1. The summed E-state index contributed by atoms with van der Waals surface area (Å²) in [5, 5.41) is 5.63. The Morgan fingerprint density at radius 3 is 2.55 bits per heavy atom. The summed E-state index contributed by atoms with van der Waals surface area (Å²) in [7, 11) is 1.59. The Labute approximate surface area is 182 Å². The number of carbonyl (C=O) groups is 1. The number of fused-ring (bicyclic) bond motifs is 4. The summed E-state index contributed by atoms with van der Waals surface area (Å²) in [6, 6.07) is 19.2. The minimum atomic E-state index is -0.159. The van der Waals surface area contributed by atoms with Gasteiger partial charge < -0.3 is 14.5 Å². The molecule has 5 aromatic rings. The molecule has 0 unspecified atom stereocenters. The highest BCUT2D eigenvalue weighted by Crippen LogP contribution is 2.36. The number of amides is 1. The van der Waals surface area contributed by atoms with Gasteiger partial charge in [-0.3, -0.25) is 4.79 Å². The van der Waals surface area contributed by atoms with Crippen LogP contribution in [0.4, 0.5) is 5.69 Å². The molecule has 2 aromatic heterocycles. The van der Waals surface area contributed by atoms with E-state index in [1.165, 1.54) is 11.8 Å². The Hall–Kier alpha value is -3.58. The Kier molecular flexibility index (Phi) is 4.95. The molecule has 31 heavy (non-hydrogen) atoms. The quantitative estimate of drug-likeness (QED) is 0.368. The second kappa shape index (κ2) is 7.92. The number of thioether (sulfide) groups is 1. The van der Waals surface area contributed by atoms with Gasteiger partial charge in [-0.1, -0.05) is 42.1 Å². The van der Waals surface area contributed by atoms with E-state index >= 15 is 0 Å². The molecule has 0 aliphatic carbocycles. The third kappa shape index (κ3) is 3.68. The summed E-state index contributed by atoms with van der Waals surface area (Å²) in [6.45, 7) is 1.90. The summed E-state index contributed by atoms with van der Waals surface area (Å²) in [6.07, 6.45) is 0. The molecular formula is C24H19N3O3S. The molecular weight excluding hydrogens is 410 g/mol. The zero-order valence-electron chi connectivity index (χ0n) is 17.0. The molecule has 0 saturated heterocycles. The maximum Gasteiger partial charge on any atom is 0.234 e. The highest BCUT2D eigenvalue weighted by molar-refractivity contribution is 8.00. The molecule has 0 radical (unpaired) electrons. The van der Waals surface area contributed by atoms with Crippen molar-refractivity contribution in [3.05, 3.63) is 66.4 Å². The van der Waals surface area contributed by atoms with Crippen molar-refractivity contribution < 1.29 is 13.9 Å². The number of ether oxygens (including phenoxy) is 1. The smallest absolute Gasteiger partial charge is 0.234 e. The standard InChI is InChI=1S/C24H19N3O3S/c1-14-24(27-18-9-5-4-8-17(18)25-14)31-13-23(28)26-19-12-21-16(11-22(19)29-2)15-7-3-6-10-20(15)30-21/h3-12H,13H2,1-2H3,(H,26,28). The van der Waals surface area contributed by atoms with Crippen molar-refractivity contribution in [3.63, 3.8) is 0 Å². The van der Waals surface area contributed by atoms with Crippen LogP contribution < -0.4 is 10.1 Å². The van der Waals surface area contributed by atoms with Crippen molar-refractivity contribution in [2.45, 2.75) is 11.9 Å². The SMILES string of the molecule is COc1cc2c(cc1NC(=O)CSc1nc3ccccc3nc1C)oc1ccccc12. The number of carbonyl (C=O) groups excluding carboxylic acids is 1. The fourth-order valence-electron chi connectivity index (χ4n) is 3.55. The van der Waals surface area contributed by atoms with Crippen molar-refractivity contribution in [3.8, 4) is 5.75 Å². The van der Waals surface area contributed by atoms with E-state index in [9.17, 15) is 4.79 Å². The van der Waals surface area contributed by atoms with Gasteiger partial charge in [-0.15, -0.1) is 0 Å². The number of hydrogen-bond acceptors (Lipinski definition) is 6. The molecule has 5 rings (SSSR count). The van der Waals surface area contributed by atoms with Crippen molar-refractivity contribution in [2.24, 2.45) is 0 Å². The molecule has 2 heterocycles. The van der Waals surface area contributed by atoms with Gasteiger partial charge in [-0.25, -0.2) is 9.97 Å². The maximum absolute atomic E-state index is 12.7. The predicted octanol–water partition coefficient (Wildman–Crippen LogP) is 5.58. The van der Waals surface area contributed by atoms with Crippen LogP contribution in [0.2, 0.25) is 0 Å². The Bertz CT molecular complexity index is 1440. The number of aromatic nitrogens is 2. The van der Waals surface area contributed by atoms with Crippen LogP contribution in [0.25, 0.3) is 33.0 Å². The van der Waals surface area contributed by atoms with E-state index in [1.807, 2.05) is 61.5 Å². The topological polar surface area (TPSA) is 77.2 Å². The Morgan fingerprint density at radius 1 is 1.00 bits per heavy atom. The Balaban J connectivity index is 1.37. The van der Waals surface area contributed by atoms with Crippen molar-refractivity contribution in [2.75, 3.05) is 18.2 Å². The molecule has 0 saturated carbocycles. The first-order valence-corrected chi connectivity index (χ1v) is 10.8. The summed E-state index contributed by atoms with van der Waals surface area (Å²) >= 11 is 1.36. The van der Waals surface area contributed by atoms with Crippen LogP contribution in [-0.4, -0.2) is 28.7 Å².